The Labute approximate surface area is 109 Å². The first-order valence-electron chi connectivity index (χ1n) is 5.27. The number of thiophene rings is 1. The third-order valence-corrected chi connectivity index (χ3v) is 3.89. The molecule has 1 nitrogen and oxygen atoms in total. The van der Waals surface area contributed by atoms with Crippen molar-refractivity contribution in [1.82, 2.24) is 0 Å². The minimum absolute atomic E-state index is 0.264. The van der Waals surface area contributed by atoms with E-state index in [1.54, 1.807) is 18.2 Å². The second-order valence-electron chi connectivity index (χ2n) is 4.28. The van der Waals surface area contributed by atoms with Gasteiger partial charge in [0.1, 0.15) is 5.82 Å². The van der Waals surface area contributed by atoms with E-state index in [-0.39, 0.29) is 5.82 Å². The van der Waals surface area contributed by atoms with Crippen LogP contribution in [-0.4, -0.2) is 0 Å². The Bertz CT molecular complexity index is 522. The summed E-state index contributed by atoms with van der Waals surface area (Å²) in [5.74, 6) is -0.264. The molecule has 0 spiro atoms. The van der Waals surface area contributed by atoms with E-state index >= 15 is 0 Å². The predicted molar refractivity (Wildman–Crippen MR) is 71.0 cm³/mol. The van der Waals surface area contributed by atoms with Crippen molar-refractivity contribution < 1.29 is 4.39 Å². The topological polar surface area (TPSA) is 26.0 Å². The van der Waals surface area contributed by atoms with Crippen molar-refractivity contribution in [2.24, 2.45) is 5.73 Å². The molecule has 0 saturated heterocycles. The van der Waals surface area contributed by atoms with Crippen molar-refractivity contribution in [2.75, 3.05) is 0 Å². The Hall–Kier alpha value is -0.900. The third kappa shape index (κ3) is 2.86. The molecule has 4 heteroatoms. The maximum absolute atomic E-state index is 13.7. The second kappa shape index (κ2) is 4.77. The van der Waals surface area contributed by atoms with Gasteiger partial charge in [-0.2, -0.15) is 0 Å². The maximum atomic E-state index is 13.7. The fraction of sp³-hybridized carbons (Fsp3) is 0.231. The van der Waals surface area contributed by atoms with Crippen LogP contribution in [0.2, 0.25) is 4.34 Å². The average molecular weight is 270 g/mol. The first-order valence-corrected chi connectivity index (χ1v) is 6.46. The Morgan fingerprint density at radius 1 is 1.29 bits per heavy atom. The van der Waals surface area contributed by atoms with Crippen LogP contribution < -0.4 is 5.73 Å². The smallest absolute Gasteiger partial charge is 0.128 e. The fourth-order valence-electron chi connectivity index (χ4n) is 1.83. The Balaban J connectivity index is 2.27. The lowest BCUT2D eigenvalue weighted by Crippen LogP contribution is -2.36. The molecule has 1 atom stereocenters. The highest BCUT2D eigenvalue weighted by molar-refractivity contribution is 7.16. The highest BCUT2D eigenvalue weighted by Crippen LogP contribution is 2.29. The van der Waals surface area contributed by atoms with Crippen molar-refractivity contribution in [1.29, 1.82) is 0 Å². The molecule has 90 valence electrons. The van der Waals surface area contributed by atoms with Gasteiger partial charge in [0, 0.05) is 22.4 Å². The van der Waals surface area contributed by atoms with Gasteiger partial charge < -0.3 is 5.73 Å². The van der Waals surface area contributed by atoms with Crippen molar-refractivity contribution >= 4 is 22.9 Å². The standard InChI is InChI=1S/C13H13ClFNS/c1-13(16,8-9-6-7-12(14)17-9)10-4-2-3-5-11(10)15/h2-7H,8,16H2,1H3. The maximum Gasteiger partial charge on any atom is 0.128 e. The molecule has 1 aromatic carbocycles. The molecule has 1 heterocycles. The summed E-state index contributed by atoms with van der Waals surface area (Å²) < 4.78 is 14.4. The number of nitrogens with two attached hydrogens (primary N) is 1. The van der Waals surface area contributed by atoms with Gasteiger partial charge in [-0.15, -0.1) is 11.3 Å². The first-order chi connectivity index (χ1) is 7.99. The van der Waals surface area contributed by atoms with Gasteiger partial charge in [0.15, 0.2) is 0 Å². The van der Waals surface area contributed by atoms with Gasteiger partial charge in [-0.25, -0.2) is 4.39 Å². The van der Waals surface area contributed by atoms with Gasteiger partial charge in [0.2, 0.25) is 0 Å². The summed E-state index contributed by atoms with van der Waals surface area (Å²) in [6, 6.07) is 10.4. The Morgan fingerprint density at radius 3 is 2.59 bits per heavy atom. The van der Waals surface area contributed by atoms with Crippen LogP contribution in [0.5, 0.6) is 0 Å². The van der Waals surface area contributed by atoms with Gasteiger partial charge in [-0.1, -0.05) is 29.8 Å². The molecule has 2 rings (SSSR count). The molecule has 0 aliphatic carbocycles. The molecule has 17 heavy (non-hydrogen) atoms. The monoisotopic (exact) mass is 269 g/mol. The van der Waals surface area contributed by atoms with E-state index in [9.17, 15) is 4.39 Å². The van der Waals surface area contributed by atoms with E-state index in [1.165, 1.54) is 17.4 Å². The lowest BCUT2D eigenvalue weighted by Gasteiger charge is -2.25. The van der Waals surface area contributed by atoms with Gasteiger partial charge in [-0.3, -0.25) is 0 Å². The normalized spacial score (nSPS) is 14.6. The predicted octanol–water partition coefficient (Wildman–Crippen LogP) is 3.96. The molecule has 1 unspecified atom stereocenters. The Kier molecular flexibility index (Phi) is 3.52. The summed E-state index contributed by atoms with van der Waals surface area (Å²) in [4.78, 5) is 1.06. The summed E-state index contributed by atoms with van der Waals surface area (Å²) >= 11 is 7.35. The highest BCUT2D eigenvalue weighted by Gasteiger charge is 2.25. The van der Waals surface area contributed by atoms with Gasteiger partial charge in [0.25, 0.3) is 0 Å². The molecule has 0 amide bonds. The number of rotatable bonds is 3. The lowest BCUT2D eigenvalue weighted by atomic mass is 9.89. The molecular formula is C13H13ClFNS. The van der Waals surface area contributed by atoms with E-state index in [0.717, 1.165) is 9.21 Å². The molecule has 1 aromatic heterocycles. The van der Waals surface area contributed by atoms with E-state index in [2.05, 4.69) is 0 Å². The van der Waals surface area contributed by atoms with E-state index in [4.69, 9.17) is 17.3 Å². The van der Waals surface area contributed by atoms with Crippen LogP contribution in [0.1, 0.15) is 17.4 Å². The fourth-order valence-corrected chi connectivity index (χ4v) is 3.08. The summed E-state index contributed by atoms with van der Waals surface area (Å²) in [6.45, 7) is 1.83. The summed E-state index contributed by atoms with van der Waals surface area (Å²) in [5.41, 5.74) is 6.01. The van der Waals surface area contributed by atoms with Gasteiger partial charge >= 0.3 is 0 Å². The van der Waals surface area contributed by atoms with E-state index < -0.39 is 5.54 Å². The zero-order valence-corrected chi connectivity index (χ0v) is 11.0. The van der Waals surface area contributed by atoms with Crippen LogP contribution in [0.15, 0.2) is 36.4 Å². The molecule has 2 aromatic rings. The summed E-state index contributed by atoms with van der Waals surface area (Å²) in [5, 5.41) is 0. The number of benzene rings is 1. The molecular weight excluding hydrogens is 257 g/mol. The molecule has 0 aliphatic rings. The van der Waals surface area contributed by atoms with Crippen molar-refractivity contribution in [2.45, 2.75) is 18.9 Å². The molecule has 0 saturated carbocycles. The quantitative estimate of drug-likeness (QED) is 0.897. The van der Waals surface area contributed by atoms with Crippen molar-refractivity contribution in [3.8, 4) is 0 Å². The molecule has 2 N–H and O–H groups in total. The molecule has 0 bridgehead atoms. The van der Waals surface area contributed by atoms with Crippen LogP contribution >= 0.6 is 22.9 Å². The van der Waals surface area contributed by atoms with Gasteiger partial charge in [-0.05, 0) is 25.1 Å². The summed E-state index contributed by atoms with van der Waals surface area (Å²) in [6.07, 6.45) is 0.575. The van der Waals surface area contributed by atoms with Gasteiger partial charge in [0.05, 0.1) is 4.34 Å². The number of halogens is 2. The average Bonchev–Trinajstić information content (AvgIpc) is 2.63. The number of hydrogen-bond donors (Lipinski definition) is 1. The van der Waals surface area contributed by atoms with Crippen LogP contribution in [0.25, 0.3) is 0 Å². The zero-order chi connectivity index (χ0) is 12.5. The van der Waals surface area contributed by atoms with Crippen molar-refractivity contribution in [3.05, 3.63) is 57.0 Å². The van der Waals surface area contributed by atoms with Crippen LogP contribution in [0.4, 0.5) is 4.39 Å². The van der Waals surface area contributed by atoms with Crippen LogP contribution in [0.3, 0.4) is 0 Å². The highest BCUT2D eigenvalue weighted by atomic mass is 35.5. The second-order valence-corrected chi connectivity index (χ2v) is 6.08. The Morgan fingerprint density at radius 2 is 2.00 bits per heavy atom. The molecule has 0 radical (unpaired) electrons. The van der Waals surface area contributed by atoms with Crippen molar-refractivity contribution in [3.63, 3.8) is 0 Å². The molecule has 0 aliphatic heterocycles. The first kappa shape index (κ1) is 12.6. The minimum Gasteiger partial charge on any atom is -0.321 e. The summed E-state index contributed by atoms with van der Waals surface area (Å²) in [7, 11) is 0. The third-order valence-electron chi connectivity index (χ3n) is 2.66. The van der Waals surface area contributed by atoms with Crippen LogP contribution in [0, 0.1) is 5.82 Å². The lowest BCUT2D eigenvalue weighted by molar-refractivity contribution is 0.460. The SMILES string of the molecule is CC(N)(Cc1ccc(Cl)s1)c1ccccc1F. The van der Waals surface area contributed by atoms with E-state index in [0.29, 0.717) is 12.0 Å². The number of hydrogen-bond acceptors (Lipinski definition) is 2. The van der Waals surface area contributed by atoms with E-state index in [1.807, 2.05) is 19.1 Å². The minimum atomic E-state index is -0.723. The molecule has 0 fully saturated rings. The largest absolute Gasteiger partial charge is 0.321 e. The zero-order valence-electron chi connectivity index (χ0n) is 9.41. The van der Waals surface area contributed by atoms with Crippen LogP contribution in [-0.2, 0) is 12.0 Å².